The van der Waals surface area contributed by atoms with Crippen LogP contribution in [0.1, 0.15) is 80.0 Å². The summed E-state index contributed by atoms with van der Waals surface area (Å²) < 4.78 is 0. The number of hydrogen-bond acceptors (Lipinski definition) is 1. The summed E-state index contributed by atoms with van der Waals surface area (Å²) in [5.74, 6) is 3.49. The van der Waals surface area contributed by atoms with Crippen LogP contribution in [-0.4, -0.2) is 0 Å². The molecule has 2 spiro atoms. The molecule has 4 bridgehead atoms. The maximum atomic E-state index is 2.56. The van der Waals surface area contributed by atoms with Crippen molar-refractivity contribution in [1.82, 2.24) is 0 Å². The van der Waals surface area contributed by atoms with Crippen LogP contribution in [0.25, 0.3) is 44.5 Å². The molecule has 0 unspecified atom stereocenters. The second-order valence-electron chi connectivity index (χ2n) is 18.8. The van der Waals surface area contributed by atoms with Gasteiger partial charge in [0.25, 0.3) is 0 Å². The van der Waals surface area contributed by atoms with Gasteiger partial charge in [0.2, 0.25) is 0 Å². The first kappa shape index (κ1) is 33.3. The zero-order chi connectivity index (χ0) is 38.0. The Bertz CT molecular complexity index is 2720. The molecule has 0 atom stereocenters. The Morgan fingerprint density at radius 2 is 0.948 bits per heavy atom. The van der Waals surface area contributed by atoms with E-state index < -0.39 is 0 Å². The standard InChI is InChI=1S/C57H49N/c1-2-12-40(13-3-1)46-14-6-9-19-55(46)58(45-25-26-49-47-15-4-7-17-51(47)56(54(49)36-45)28-10-11-29-56)44-23-20-39(21-24-44)41-22-27-53-50(35-41)48-16-5-8-18-52(48)57(53)42-31-37-30-38(33-42)34-43(57)32-37/h1-9,12-27,35-38,42-43H,10-11,28-34H2. The molecule has 5 saturated carbocycles. The van der Waals surface area contributed by atoms with Crippen molar-refractivity contribution >= 4 is 17.1 Å². The average Bonchev–Trinajstić information content (AvgIpc) is 3.96. The highest BCUT2D eigenvalue weighted by Crippen LogP contribution is 2.69. The Morgan fingerprint density at radius 1 is 0.379 bits per heavy atom. The smallest absolute Gasteiger partial charge is 0.0540 e. The lowest BCUT2D eigenvalue weighted by Crippen LogP contribution is -2.55. The zero-order valence-corrected chi connectivity index (χ0v) is 33.2. The number of nitrogens with zero attached hydrogens (tertiary/aromatic N) is 1. The summed E-state index contributed by atoms with van der Waals surface area (Å²) >= 11 is 0. The lowest BCUT2D eigenvalue weighted by molar-refractivity contribution is -0.0399. The number of rotatable bonds is 5. The molecule has 0 N–H and O–H groups in total. The molecule has 7 aliphatic carbocycles. The van der Waals surface area contributed by atoms with Gasteiger partial charge in [0, 0.05) is 27.8 Å². The number of hydrogen-bond donors (Lipinski definition) is 0. The Balaban J connectivity index is 0.931. The van der Waals surface area contributed by atoms with E-state index in [0.29, 0.717) is 0 Å². The van der Waals surface area contributed by atoms with Crippen LogP contribution < -0.4 is 4.90 Å². The van der Waals surface area contributed by atoms with E-state index in [-0.39, 0.29) is 10.8 Å². The molecule has 1 heteroatoms. The van der Waals surface area contributed by atoms with Gasteiger partial charge in [0.1, 0.15) is 0 Å². The van der Waals surface area contributed by atoms with Crippen molar-refractivity contribution < 1.29 is 0 Å². The van der Waals surface area contributed by atoms with Crippen LogP contribution in [0.15, 0.2) is 164 Å². The lowest BCUT2D eigenvalue weighted by Gasteiger charge is -2.61. The van der Waals surface area contributed by atoms with Gasteiger partial charge in [-0.05, 0) is 166 Å². The molecule has 1 nitrogen and oxygen atoms in total. The van der Waals surface area contributed by atoms with E-state index in [2.05, 4.69) is 169 Å². The maximum Gasteiger partial charge on any atom is 0.0540 e. The van der Waals surface area contributed by atoms with Gasteiger partial charge < -0.3 is 4.90 Å². The third-order valence-corrected chi connectivity index (χ3v) is 16.2. The fraction of sp³-hybridized carbons (Fsp3) is 0.263. The van der Waals surface area contributed by atoms with Crippen LogP contribution in [0.5, 0.6) is 0 Å². The molecule has 0 saturated heterocycles. The van der Waals surface area contributed by atoms with Gasteiger partial charge in [-0.2, -0.15) is 0 Å². The Morgan fingerprint density at radius 3 is 1.69 bits per heavy atom. The van der Waals surface area contributed by atoms with Crippen molar-refractivity contribution in [3.05, 3.63) is 186 Å². The summed E-state index contributed by atoms with van der Waals surface area (Å²) in [6.07, 6.45) is 12.2. The minimum atomic E-state index is 0.109. The molecule has 5 fully saturated rings. The summed E-state index contributed by atoms with van der Waals surface area (Å²) in [7, 11) is 0. The number of para-hydroxylation sites is 1. The van der Waals surface area contributed by atoms with Crippen LogP contribution in [0.3, 0.4) is 0 Å². The Labute approximate surface area is 343 Å². The van der Waals surface area contributed by atoms with E-state index in [1.54, 1.807) is 11.1 Å². The second kappa shape index (κ2) is 12.4. The first-order valence-electron chi connectivity index (χ1n) is 22.2. The predicted octanol–water partition coefficient (Wildman–Crippen LogP) is 15.1. The van der Waals surface area contributed by atoms with Gasteiger partial charge in [-0.1, -0.05) is 140 Å². The number of benzene rings is 7. The van der Waals surface area contributed by atoms with Crippen LogP contribution >= 0.6 is 0 Å². The highest BCUT2D eigenvalue weighted by atomic mass is 15.1. The van der Waals surface area contributed by atoms with Gasteiger partial charge >= 0.3 is 0 Å². The molecule has 282 valence electrons. The van der Waals surface area contributed by atoms with Crippen LogP contribution in [-0.2, 0) is 10.8 Å². The van der Waals surface area contributed by atoms with Gasteiger partial charge in [-0.3, -0.25) is 0 Å². The van der Waals surface area contributed by atoms with E-state index in [1.165, 1.54) is 130 Å². The highest BCUT2D eigenvalue weighted by Gasteiger charge is 2.61. The molecule has 0 heterocycles. The monoisotopic (exact) mass is 747 g/mol. The van der Waals surface area contributed by atoms with Crippen molar-refractivity contribution in [3.8, 4) is 44.5 Å². The van der Waals surface area contributed by atoms with Crippen molar-refractivity contribution in [3.63, 3.8) is 0 Å². The fourth-order valence-corrected chi connectivity index (χ4v) is 14.2. The average molecular weight is 748 g/mol. The van der Waals surface area contributed by atoms with Crippen molar-refractivity contribution in [2.45, 2.75) is 68.6 Å². The van der Waals surface area contributed by atoms with E-state index in [0.717, 1.165) is 23.7 Å². The molecule has 7 aliphatic rings. The maximum absolute atomic E-state index is 2.56. The Hall–Kier alpha value is -5.66. The predicted molar refractivity (Wildman–Crippen MR) is 240 cm³/mol. The third kappa shape index (κ3) is 4.54. The molecule has 0 radical (unpaired) electrons. The molecule has 0 aliphatic heterocycles. The number of fused-ring (bicyclic) bond motifs is 8. The summed E-state index contributed by atoms with van der Waals surface area (Å²) in [4.78, 5) is 2.52. The molecule has 7 aromatic carbocycles. The van der Waals surface area contributed by atoms with Crippen molar-refractivity contribution in [1.29, 1.82) is 0 Å². The summed E-state index contributed by atoms with van der Waals surface area (Å²) in [5, 5.41) is 0. The highest BCUT2D eigenvalue weighted by molar-refractivity contribution is 5.92. The van der Waals surface area contributed by atoms with E-state index in [9.17, 15) is 0 Å². The van der Waals surface area contributed by atoms with Gasteiger partial charge in [-0.15, -0.1) is 0 Å². The number of anilines is 3. The lowest BCUT2D eigenvalue weighted by atomic mass is 9.43. The van der Waals surface area contributed by atoms with Crippen LogP contribution in [0.4, 0.5) is 17.1 Å². The summed E-state index contributed by atoms with van der Waals surface area (Å²) in [6, 6.07) is 63.0. The molecule has 0 amide bonds. The van der Waals surface area contributed by atoms with Crippen LogP contribution in [0, 0.1) is 23.7 Å². The Kier molecular flexibility index (Phi) is 7.14. The first-order chi connectivity index (χ1) is 28.7. The molecule has 14 rings (SSSR count). The van der Waals surface area contributed by atoms with Crippen molar-refractivity contribution in [2.24, 2.45) is 23.7 Å². The van der Waals surface area contributed by atoms with E-state index in [1.807, 2.05) is 0 Å². The fourth-order valence-electron chi connectivity index (χ4n) is 14.2. The molecule has 58 heavy (non-hydrogen) atoms. The molecule has 7 aromatic rings. The third-order valence-electron chi connectivity index (χ3n) is 16.2. The van der Waals surface area contributed by atoms with Crippen LogP contribution in [0.2, 0.25) is 0 Å². The summed E-state index contributed by atoms with van der Waals surface area (Å²) in [5.41, 5.74) is 21.1. The van der Waals surface area contributed by atoms with Gasteiger partial charge in [0.05, 0.1) is 5.69 Å². The molecular weight excluding hydrogens is 699 g/mol. The SMILES string of the molecule is c1ccc(-c2ccccc2N(c2ccc(-c3ccc4c(c3)-c3ccccc3C43C4CC5CC(C4)CC3C5)cc2)c2ccc3c(c2)C2(CCCC2)c2ccccc2-3)cc1. The molecule has 0 aromatic heterocycles. The van der Waals surface area contributed by atoms with E-state index in [4.69, 9.17) is 0 Å². The van der Waals surface area contributed by atoms with E-state index >= 15 is 0 Å². The second-order valence-corrected chi connectivity index (χ2v) is 18.8. The topological polar surface area (TPSA) is 3.24 Å². The minimum Gasteiger partial charge on any atom is -0.310 e. The summed E-state index contributed by atoms with van der Waals surface area (Å²) in [6.45, 7) is 0. The van der Waals surface area contributed by atoms with Gasteiger partial charge in [0.15, 0.2) is 0 Å². The van der Waals surface area contributed by atoms with Crippen molar-refractivity contribution in [2.75, 3.05) is 4.90 Å². The van der Waals surface area contributed by atoms with Gasteiger partial charge in [-0.25, -0.2) is 0 Å². The quantitative estimate of drug-likeness (QED) is 0.169. The largest absolute Gasteiger partial charge is 0.310 e. The normalized spacial score (nSPS) is 24.8. The minimum absolute atomic E-state index is 0.109. The first-order valence-corrected chi connectivity index (χ1v) is 22.2. The molecular formula is C57H49N. The zero-order valence-electron chi connectivity index (χ0n) is 33.2.